The van der Waals surface area contributed by atoms with E-state index >= 15 is 0 Å². The van der Waals surface area contributed by atoms with Gasteiger partial charge in [0.1, 0.15) is 13.1 Å². The number of quaternary nitrogens is 1. The molecule has 2 aromatic carbocycles. The fourth-order valence-electron chi connectivity index (χ4n) is 3.72. The first-order chi connectivity index (χ1) is 14.8. The monoisotopic (exact) mass is 422 g/mol. The van der Waals surface area contributed by atoms with Crippen molar-refractivity contribution in [1.29, 1.82) is 0 Å². The molecule has 4 rings (SSSR count). The van der Waals surface area contributed by atoms with Crippen LogP contribution in [0, 0.1) is 0 Å². The van der Waals surface area contributed by atoms with E-state index in [2.05, 4.69) is 24.3 Å². The summed E-state index contributed by atoms with van der Waals surface area (Å²) in [5, 5.41) is 1.49. The molecule has 0 unspecified atom stereocenters. The van der Waals surface area contributed by atoms with Crippen molar-refractivity contribution in [2.75, 3.05) is 38.6 Å². The number of hydrogen-bond acceptors (Lipinski definition) is 4. The summed E-state index contributed by atoms with van der Waals surface area (Å²) >= 11 is 1.62. The third kappa shape index (κ3) is 5.39. The van der Waals surface area contributed by atoms with Crippen molar-refractivity contribution in [3.63, 3.8) is 0 Å². The SMILES string of the molecule is O=c1c2ccccc2nc(SC/C=C/c2ccccc2)n1CCC[NH+]1CCOCC1. The Kier molecular flexibility index (Phi) is 7.34. The summed E-state index contributed by atoms with van der Waals surface area (Å²) in [5.74, 6) is 0.772. The van der Waals surface area contributed by atoms with Crippen LogP contribution < -0.4 is 10.5 Å². The van der Waals surface area contributed by atoms with E-state index in [-0.39, 0.29) is 5.56 Å². The summed E-state index contributed by atoms with van der Waals surface area (Å²) in [6, 6.07) is 17.9. The van der Waals surface area contributed by atoms with Crippen LogP contribution in [0.5, 0.6) is 0 Å². The molecule has 1 aliphatic heterocycles. The lowest BCUT2D eigenvalue weighted by atomic mass is 10.2. The third-order valence-electron chi connectivity index (χ3n) is 5.36. The molecule has 0 spiro atoms. The Morgan fingerprint density at radius 3 is 2.67 bits per heavy atom. The molecule has 1 aromatic heterocycles. The van der Waals surface area contributed by atoms with E-state index in [9.17, 15) is 4.79 Å². The average molecular weight is 423 g/mol. The minimum absolute atomic E-state index is 0.0621. The predicted octanol–water partition coefficient (Wildman–Crippen LogP) is 2.51. The zero-order valence-electron chi connectivity index (χ0n) is 17.1. The van der Waals surface area contributed by atoms with Gasteiger partial charge in [0.15, 0.2) is 5.16 Å². The highest BCUT2D eigenvalue weighted by atomic mass is 32.2. The van der Waals surface area contributed by atoms with E-state index in [0.717, 1.165) is 55.7 Å². The molecular weight excluding hydrogens is 394 g/mol. The molecule has 3 aromatic rings. The predicted molar refractivity (Wildman–Crippen MR) is 123 cm³/mol. The molecule has 0 aliphatic carbocycles. The molecule has 1 fully saturated rings. The van der Waals surface area contributed by atoms with Crippen molar-refractivity contribution >= 4 is 28.7 Å². The van der Waals surface area contributed by atoms with Crippen molar-refractivity contribution in [1.82, 2.24) is 9.55 Å². The summed E-state index contributed by atoms with van der Waals surface area (Å²) in [4.78, 5) is 19.5. The molecule has 2 heterocycles. The largest absolute Gasteiger partial charge is 0.370 e. The van der Waals surface area contributed by atoms with Gasteiger partial charge in [-0.2, -0.15) is 0 Å². The van der Waals surface area contributed by atoms with Crippen LogP contribution in [0.15, 0.2) is 70.6 Å². The first kappa shape index (κ1) is 20.8. The molecule has 1 saturated heterocycles. The molecule has 0 radical (unpaired) electrons. The molecule has 30 heavy (non-hydrogen) atoms. The van der Waals surface area contributed by atoms with Crippen LogP contribution in [0.1, 0.15) is 12.0 Å². The van der Waals surface area contributed by atoms with Gasteiger partial charge in [-0.25, -0.2) is 4.98 Å². The van der Waals surface area contributed by atoms with Gasteiger partial charge in [-0.1, -0.05) is 66.4 Å². The van der Waals surface area contributed by atoms with Crippen molar-refractivity contribution in [3.8, 4) is 0 Å². The van der Waals surface area contributed by atoms with Gasteiger partial charge in [0.2, 0.25) is 0 Å². The van der Waals surface area contributed by atoms with E-state index < -0.39 is 0 Å². The standard InChI is InChI=1S/C24H27N3O2S/c28-23-21-11-4-5-12-22(21)25-24(30-19-6-10-20-8-2-1-3-9-20)27(23)14-7-13-26-15-17-29-18-16-26/h1-6,8-12H,7,13-19H2/p+1/b10-6+. The average Bonchev–Trinajstić information content (AvgIpc) is 2.80. The number of rotatable bonds is 8. The Hall–Kier alpha value is -2.41. The minimum atomic E-state index is 0.0621. The summed E-state index contributed by atoms with van der Waals surface area (Å²) in [6.45, 7) is 5.53. The minimum Gasteiger partial charge on any atom is -0.370 e. The normalized spacial score (nSPS) is 15.2. The van der Waals surface area contributed by atoms with Crippen molar-refractivity contribution in [2.24, 2.45) is 0 Å². The van der Waals surface area contributed by atoms with Gasteiger partial charge in [-0.05, 0) is 17.7 Å². The van der Waals surface area contributed by atoms with Gasteiger partial charge < -0.3 is 9.64 Å². The number of fused-ring (bicyclic) bond motifs is 1. The maximum absolute atomic E-state index is 13.2. The number of ether oxygens (including phenoxy) is 1. The molecule has 5 nitrogen and oxygen atoms in total. The van der Waals surface area contributed by atoms with Crippen molar-refractivity contribution in [2.45, 2.75) is 18.1 Å². The number of hydrogen-bond donors (Lipinski definition) is 1. The van der Waals surface area contributed by atoms with Crippen molar-refractivity contribution < 1.29 is 9.64 Å². The number of benzene rings is 2. The van der Waals surface area contributed by atoms with Gasteiger partial charge in [0, 0.05) is 18.7 Å². The third-order valence-corrected chi connectivity index (χ3v) is 6.29. The number of thioether (sulfide) groups is 1. The second kappa shape index (κ2) is 10.6. The zero-order valence-corrected chi connectivity index (χ0v) is 17.9. The number of morpholine rings is 1. The fourth-order valence-corrected chi connectivity index (χ4v) is 4.56. The molecule has 1 N–H and O–H groups in total. The number of aromatic nitrogens is 2. The van der Waals surface area contributed by atoms with E-state index in [4.69, 9.17) is 9.72 Å². The second-order valence-electron chi connectivity index (χ2n) is 7.46. The highest BCUT2D eigenvalue weighted by molar-refractivity contribution is 7.99. The highest BCUT2D eigenvalue weighted by Crippen LogP contribution is 2.18. The lowest BCUT2D eigenvalue weighted by Gasteiger charge is -2.24. The first-order valence-corrected chi connectivity index (χ1v) is 11.5. The number of nitrogens with one attached hydrogen (secondary N) is 1. The summed E-state index contributed by atoms with van der Waals surface area (Å²) in [6.07, 6.45) is 5.20. The van der Waals surface area contributed by atoms with Gasteiger partial charge in [-0.3, -0.25) is 9.36 Å². The summed E-state index contributed by atoms with van der Waals surface area (Å²) in [5.41, 5.74) is 2.01. The lowest BCUT2D eigenvalue weighted by Crippen LogP contribution is -3.14. The smallest absolute Gasteiger partial charge is 0.262 e. The van der Waals surface area contributed by atoms with E-state index in [0.29, 0.717) is 11.9 Å². The Morgan fingerprint density at radius 2 is 1.83 bits per heavy atom. The van der Waals surface area contributed by atoms with Crippen LogP contribution in [0.25, 0.3) is 17.0 Å². The molecule has 1 aliphatic rings. The zero-order chi connectivity index (χ0) is 20.6. The maximum atomic E-state index is 13.2. The van der Waals surface area contributed by atoms with Crippen LogP contribution in [-0.4, -0.2) is 48.2 Å². The maximum Gasteiger partial charge on any atom is 0.262 e. The molecule has 0 amide bonds. The summed E-state index contributed by atoms with van der Waals surface area (Å²) < 4.78 is 7.31. The molecule has 6 heteroatoms. The quantitative estimate of drug-likeness (QED) is 0.448. The van der Waals surface area contributed by atoms with Crippen LogP contribution in [0.3, 0.4) is 0 Å². The van der Waals surface area contributed by atoms with Gasteiger partial charge in [0.05, 0.1) is 30.7 Å². The topological polar surface area (TPSA) is 48.6 Å². The van der Waals surface area contributed by atoms with E-state index in [1.165, 1.54) is 5.56 Å². The van der Waals surface area contributed by atoms with Crippen LogP contribution in [0.4, 0.5) is 0 Å². The Bertz CT molecular complexity index is 1040. The van der Waals surface area contributed by atoms with Gasteiger partial charge >= 0.3 is 0 Å². The Balaban J connectivity index is 1.48. The molecule has 0 bridgehead atoms. The fraction of sp³-hybridized carbons (Fsp3) is 0.333. The van der Waals surface area contributed by atoms with Crippen LogP contribution in [-0.2, 0) is 11.3 Å². The lowest BCUT2D eigenvalue weighted by molar-refractivity contribution is -0.908. The number of nitrogens with zero attached hydrogens (tertiary/aromatic N) is 2. The van der Waals surface area contributed by atoms with Gasteiger partial charge in [0.25, 0.3) is 5.56 Å². The Morgan fingerprint density at radius 1 is 1.07 bits per heavy atom. The number of para-hydroxylation sites is 1. The Labute approximate surface area is 181 Å². The summed E-state index contributed by atoms with van der Waals surface area (Å²) in [7, 11) is 0. The first-order valence-electron chi connectivity index (χ1n) is 10.6. The van der Waals surface area contributed by atoms with E-state index in [1.54, 1.807) is 16.7 Å². The molecular formula is C24H28N3O2S+. The molecule has 156 valence electrons. The van der Waals surface area contributed by atoms with Crippen molar-refractivity contribution in [3.05, 3.63) is 76.6 Å². The highest BCUT2D eigenvalue weighted by Gasteiger charge is 2.15. The molecule has 0 atom stereocenters. The van der Waals surface area contributed by atoms with Gasteiger partial charge in [-0.15, -0.1) is 0 Å². The van der Waals surface area contributed by atoms with Crippen LogP contribution in [0.2, 0.25) is 0 Å². The van der Waals surface area contributed by atoms with E-state index in [1.807, 2.05) is 47.0 Å². The second-order valence-corrected chi connectivity index (χ2v) is 8.45. The molecule has 0 saturated carbocycles. The van der Waals surface area contributed by atoms with Crippen LogP contribution >= 0.6 is 11.8 Å².